The van der Waals surface area contributed by atoms with Crippen LogP contribution in [0.15, 0.2) is 0 Å². The van der Waals surface area contributed by atoms with Gasteiger partial charge in [-0.15, -0.1) is 0 Å². The summed E-state index contributed by atoms with van der Waals surface area (Å²) in [5.74, 6) is 0. The molecule has 0 fully saturated rings. The van der Waals surface area contributed by atoms with Gasteiger partial charge in [-0.3, -0.25) is 0 Å². The largest absolute Gasteiger partial charge is 2.00 e. The molecule has 0 aromatic heterocycles. The average molecular weight is 344 g/mol. The zero-order valence-corrected chi connectivity index (χ0v) is 11.3. The first-order valence-electron chi connectivity index (χ1n) is 2.12. The molecule has 0 heterocycles. The normalized spacial score (nSPS) is 4.22. The third kappa shape index (κ3) is 243. The van der Waals surface area contributed by atoms with Crippen LogP contribution in [0.4, 0.5) is 0 Å². The molecule has 0 aromatic rings. The first-order chi connectivity index (χ1) is 2.83. The van der Waals surface area contributed by atoms with Crippen molar-refractivity contribution in [3.05, 3.63) is 0 Å². The van der Waals surface area contributed by atoms with Crippen LogP contribution in [0.2, 0.25) is 8.87 Å². The summed E-state index contributed by atoms with van der Waals surface area (Å²) in [7, 11) is 0. The van der Waals surface area contributed by atoms with E-state index in [1.165, 1.54) is 8.87 Å². The predicted octanol–water partition coefficient (Wildman–Crippen LogP) is 0.830. The summed E-state index contributed by atoms with van der Waals surface area (Å²) in [6, 6.07) is 0. The fourth-order valence-electron chi connectivity index (χ4n) is 0. The van der Waals surface area contributed by atoms with Gasteiger partial charge in [-0.05, 0) is 0 Å². The van der Waals surface area contributed by atoms with Crippen molar-refractivity contribution in [2.75, 3.05) is 0 Å². The molecule has 0 amide bonds. The van der Waals surface area contributed by atoms with E-state index >= 15 is 0 Å². The van der Waals surface area contributed by atoms with Gasteiger partial charge in [0.1, 0.15) is 0 Å². The van der Waals surface area contributed by atoms with E-state index in [2.05, 4.69) is 13.8 Å². The Bertz CT molecular complexity index is 15.8. The molecule has 0 saturated carbocycles. The first kappa shape index (κ1) is 31.4. The van der Waals surface area contributed by atoms with E-state index in [4.69, 9.17) is 0 Å². The van der Waals surface area contributed by atoms with E-state index in [1.807, 2.05) is 0 Å². The maximum absolute atomic E-state index is 2.16. The van der Waals surface area contributed by atoms with Crippen LogP contribution in [0.3, 0.4) is 0 Å². The molecule has 9 heavy (non-hydrogen) atoms. The maximum Gasteiger partial charge on any atom is -2.00 e. The SMILES string of the molecule is C[CH2][Sn+3].C[CH2][Sn+3].[O-2].[O-2].[O-2]. The minimum atomic E-state index is 0. The minimum absolute atomic E-state index is 0. The van der Waals surface area contributed by atoms with Crippen LogP contribution in [0.1, 0.15) is 13.8 Å². The van der Waals surface area contributed by atoms with Gasteiger partial charge in [0.25, 0.3) is 0 Å². The topological polar surface area (TPSA) is 85.5 Å². The van der Waals surface area contributed by atoms with E-state index in [9.17, 15) is 0 Å². The van der Waals surface area contributed by atoms with Gasteiger partial charge in [-0.1, -0.05) is 0 Å². The van der Waals surface area contributed by atoms with Crippen molar-refractivity contribution in [1.82, 2.24) is 0 Å². The first-order valence-corrected chi connectivity index (χ1v) is 6.16. The van der Waals surface area contributed by atoms with Gasteiger partial charge in [-0.2, -0.15) is 0 Å². The van der Waals surface area contributed by atoms with Gasteiger partial charge >= 0.3 is 67.8 Å². The molecule has 0 bridgehead atoms. The van der Waals surface area contributed by atoms with Crippen LogP contribution in [-0.4, -0.2) is 45.0 Å². The second-order valence-electron chi connectivity index (χ2n) is 0.707. The maximum atomic E-state index is 2.16. The van der Waals surface area contributed by atoms with Crippen LogP contribution in [0.25, 0.3) is 0 Å². The number of hydrogen-bond acceptors (Lipinski definition) is 0. The summed E-state index contributed by atoms with van der Waals surface area (Å²) in [6.07, 6.45) is 0. The summed E-state index contributed by atoms with van der Waals surface area (Å²) in [5.41, 5.74) is 0. The Kier molecular flexibility index (Phi) is 196. The van der Waals surface area contributed by atoms with Gasteiger partial charge in [0, 0.05) is 0 Å². The quantitative estimate of drug-likeness (QED) is 0.584. The third-order valence-electron chi connectivity index (χ3n) is 0. The molecule has 3 nitrogen and oxygen atoms in total. The summed E-state index contributed by atoms with van der Waals surface area (Å²) < 4.78 is 2.68. The van der Waals surface area contributed by atoms with Crippen molar-refractivity contribution in [2.45, 2.75) is 22.7 Å². The van der Waals surface area contributed by atoms with Crippen molar-refractivity contribution in [3.8, 4) is 0 Å². The molecule has 0 rings (SSSR count). The summed E-state index contributed by atoms with van der Waals surface area (Å²) in [6.45, 7) is 4.33. The molecule has 0 N–H and O–H groups in total. The second-order valence-corrected chi connectivity index (χ2v) is 4.74. The third-order valence-corrected chi connectivity index (χ3v) is 0. The Balaban J connectivity index is -0.00000000889. The van der Waals surface area contributed by atoms with E-state index in [0.29, 0.717) is 0 Å². The van der Waals surface area contributed by atoms with Crippen molar-refractivity contribution in [3.63, 3.8) is 0 Å². The molecular formula is C4H10O3Sn2. The Morgan fingerprint density at radius 2 is 0.778 bits per heavy atom. The Morgan fingerprint density at radius 1 is 0.778 bits per heavy atom. The number of rotatable bonds is 0. The Labute approximate surface area is 83.7 Å². The standard InChI is InChI=1S/2C2H5.3O.2Sn/c2*1-2;;;;;/h2*1H2,2H3;;;;;/q;;3*-2;2*+3. The Hall–Kier alpha value is 1.48. The van der Waals surface area contributed by atoms with Gasteiger partial charge < -0.3 is 16.4 Å². The zero-order valence-electron chi connectivity index (χ0n) is 5.64. The fourth-order valence-corrected chi connectivity index (χ4v) is 0. The van der Waals surface area contributed by atoms with E-state index in [1.54, 1.807) is 45.0 Å². The summed E-state index contributed by atoms with van der Waals surface area (Å²) in [4.78, 5) is 0. The van der Waals surface area contributed by atoms with Crippen molar-refractivity contribution in [1.29, 1.82) is 0 Å². The Morgan fingerprint density at radius 3 is 0.778 bits per heavy atom. The molecule has 0 aliphatic heterocycles. The van der Waals surface area contributed by atoms with Crippen LogP contribution < -0.4 is 0 Å². The van der Waals surface area contributed by atoms with Crippen LogP contribution in [0, 0.1) is 0 Å². The van der Waals surface area contributed by atoms with Gasteiger partial charge in [-0.25, -0.2) is 0 Å². The average Bonchev–Trinajstić information content (AvgIpc) is 1.39. The monoisotopic (exact) mass is 346 g/mol. The van der Waals surface area contributed by atoms with Crippen molar-refractivity contribution >= 4 is 45.0 Å². The molecule has 5 heteroatoms. The van der Waals surface area contributed by atoms with Crippen LogP contribution >= 0.6 is 0 Å². The van der Waals surface area contributed by atoms with Crippen LogP contribution in [-0.2, 0) is 16.4 Å². The summed E-state index contributed by atoms with van der Waals surface area (Å²) in [5, 5.41) is 0. The van der Waals surface area contributed by atoms with E-state index in [0.717, 1.165) is 0 Å². The minimum Gasteiger partial charge on any atom is -2.00 e. The molecule has 0 aromatic carbocycles. The van der Waals surface area contributed by atoms with Gasteiger partial charge in [0.05, 0.1) is 0 Å². The second kappa shape index (κ2) is 56.3. The molecule has 52 valence electrons. The molecule has 0 saturated heterocycles. The summed E-state index contributed by atoms with van der Waals surface area (Å²) >= 11 is 3.27. The van der Waals surface area contributed by atoms with Crippen LogP contribution in [0.5, 0.6) is 0 Å². The molecule has 0 aliphatic rings. The zero-order chi connectivity index (χ0) is 5.41. The molecule has 0 aliphatic carbocycles. The van der Waals surface area contributed by atoms with Gasteiger partial charge in [0.15, 0.2) is 0 Å². The fraction of sp³-hybridized carbons (Fsp3) is 1.00. The van der Waals surface area contributed by atoms with E-state index < -0.39 is 0 Å². The smallest absolute Gasteiger partial charge is 2.00 e. The molecule has 0 unspecified atom stereocenters. The number of hydrogen-bond donors (Lipinski definition) is 0. The molecule has 0 spiro atoms. The van der Waals surface area contributed by atoms with Crippen molar-refractivity contribution < 1.29 is 16.4 Å². The molecular weight excluding hydrogens is 333 g/mol. The van der Waals surface area contributed by atoms with Gasteiger partial charge in [0.2, 0.25) is 0 Å². The van der Waals surface area contributed by atoms with Crippen molar-refractivity contribution in [2.24, 2.45) is 0 Å². The molecule has 0 radical (unpaired) electrons. The molecule has 0 atom stereocenters. The van der Waals surface area contributed by atoms with E-state index in [-0.39, 0.29) is 16.4 Å². The predicted molar refractivity (Wildman–Crippen MR) is 34.5 cm³/mol.